The quantitative estimate of drug-likeness (QED) is 0.752. The van der Waals surface area contributed by atoms with Crippen LogP contribution in [0.3, 0.4) is 0 Å². The largest absolute Gasteiger partial charge is 0.481 e. The summed E-state index contributed by atoms with van der Waals surface area (Å²) in [4.78, 5) is 25.6. The Hall–Kier alpha value is -1.32. The Balaban J connectivity index is 2.82. The van der Waals surface area contributed by atoms with E-state index in [0.717, 1.165) is 12.0 Å². The Labute approximate surface area is 115 Å². The van der Waals surface area contributed by atoms with E-state index in [0.29, 0.717) is 31.8 Å². The zero-order valence-electron chi connectivity index (χ0n) is 12.2. The minimum absolute atomic E-state index is 0.0196. The first-order valence-corrected chi connectivity index (χ1v) is 7.06. The van der Waals surface area contributed by atoms with Crippen LogP contribution in [0.1, 0.15) is 40.0 Å². The third kappa shape index (κ3) is 3.82. The molecule has 1 amide bonds. The molecule has 4 heteroatoms. The molecule has 1 rings (SSSR count). The van der Waals surface area contributed by atoms with Crippen LogP contribution < -0.4 is 0 Å². The van der Waals surface area contributed by atoms with Gasteiger partial charge in [-0.2, -0.15) is 0 Å². The Kier molecular flexibility index (Phi) is 5.58. The Morgan fingerprint density at radius 1 is 1.26 bits per heavy atom. The van der Waals surface area contributed by atoms with Crippen molar-refractivity contribution in [2.75, 3.05) is 13.1 Å². The summed E-state index contributed by atoms with van der Waals surface area (Å²) in [5.41, 5.74) is 0.923. The summed E-state index contributed by atoms with van der Waals surface area (Å²) in [6, 6.07) is 0. The standard InChI is InChI=1S/C15H25NO3/c1-5-11-7-12(13(8-11)15(18)19)14(17)16(6-2)9-10(3)4/h11-13H,3,5-9H2,1-2,4H3,(H,18,19). The number of carbonyl (C=O) groups excluding carboxylic acids is 1. The Morgan fingerprint density at radius 3 is 2.26 bits per heavy atom. The zero-order chi connectivity index (χ0) is 14.6. The molecule has 3 atom stereocenters. The predicted octanol–water partition coefficient (Wildman–Crippen LogP) is 2.55. The van der Waals surface area contributed by atoms with Gasteiger partial charge >= 0.3 is 5.97 Å². The molecule has 0 aromatic carbocycles. The lowest BCUT2D eigenvalue weighted by molar-refractivity contribution is -0.148. The minimum Gasteiger partial charge on any atom is -0.481 e. The van der Waals surface area contributed by atoms with E-state index in [1.54, 1.807) is 4.90 Å². The molecule has 108 valence electrons. The van der Waals surface area contributed by atoms with Crippen LogP contribution in [0.2, 0.25) is 0 Å². The molecular weight excluding hydrogens is 242 g/mol. The molecule has 0 aromatic rings. The predicted molar refractivity (Wildman–Crippen MR) is 74.7 cm³/mol. The van der Waals surface area contributed by atoms with Gasteiger partial charge in [0.05, 0.1) is 11.8 Å². The van der Waals surface area contributed by atoms with E-state index in [1.807, 2.05) is 13.8 Å². The molecule has 1 saturated carbocycles. The lowest BCUT2D eigenvalue weighted by Gasteiger charge is -2.26. The van der Waals surface area contributed by atoms with Crippen molar-refractivity contribution < 1.29 is 14.7 Å². The van der Waals surface area contributed by atoms with E-state index in [4.69, 9.17) is 0 Å². The first-order chi connectivity index (χ1) is 8.90. The van der Waals surface area contributed by atoms with Crippen LogP contribution in [0.5, 0.6) is 0 Å². The number of carboxylic acid groups (broad SMARTS) is 1. The van der Waals surface area contributed by atoms with Gasteiger partial charge in [0, 0.05) is 13.1 Å². The highest BCUT2D eigenvalue weighted by Gasteiger charge is 2.43. The molecule has 4 nitrogen and oxygen atoms in total. The number of nitrogens with zero attached hydrogens (tertiary/aromatic N) is 1. The fourth-order valence-electron chi connectivity index (χ4n) is 2.93. The molecule has 3 unspecified atom stereocenters. The number of rotatable bonds is 6. The molecule has 1 N–H and O–H groups in total. The van der Waals surface area contributed by atoms with Crippen molar-refractivity contribution in [1.29, 1.82) is 0 Å². The first kappa shape index (κ1) is 15.7. The molecule has 0 bridgehead atoms. The van der Waals surface area contributed by atoms with Crippen molar-refractivity contribution in [3.05, 3.63) is 12.2 Å². The molecule has 0 radical (unpaired) electrons. The normalized spacial score (nSPS) is 26.2. The van der Waals surface area contributed by atoms with Crippen molar-refractivity contribution in [3.8, 4) is 0 Å². The van der Waals surface area contributed by atoms with Gasteiger partial charge in [-0.25, -0.2) is 0 Å². The lowest BCUT2D eigenvalue weighted by atomic mass is 9.94. The van der Waals surface area contributed by atoms with Gasteiger partial charge in [-0.15, -0.1) is 0 Å². The zero-order valence-corrected chi connectivity index (χ0v) is 12.2. The molecule has 1 aliphatic rings. The fraction of sp³-hybridized carbons (Fsp3) is 0.733. The highest BCUT2D eigenvalue weighted by Crippen LogP contribution is 2.39. The molecule has 1 aliphatic carbocycles. The summed E-state index contributed by atoms with van der Waals surface area (Å²) >= 11 is 0. The van der Waals surface area contributed by atoms with Crippen LogP contribution in [0.4, 0.5) is 0 Å². The Morgan fingerprint density at radius 2 is 1.84 bits per heavy atom. The SMILES string of the molecule is C=C(C)CN(CC)C(=O)C1CC(CC)CC1C(=O)O. The summed E-state index contributed by atoms with van der Waals surface area (Å²) in [6.07, 6.45) is 2.28. The summed E-state index contributed by atoms with van der Waals surface area (Å²) in [5, 5.41) is 9.29. The third-order valence-corrected chi connectivity index (χ3v) is 4.03. The van der Waals surface area contributed by atoms with Crippen molar-refractivity contribution >= 4 is 11.9 Å². The maximum Gasteiger partial charge on any atom is 0.307 e. The van der Waals surface area contributed by atoms with Gasteiger partial charge in [-0.1, -0.05) is 25.5 Å². The van der Waals surface area contributed by atoms with E-state index < -0.39 is 11.9 Å². The lowest BCUT2D eigenvalue weighted by Crippen LogP contribution is -2.39. The van der Waals surface area contributed by atoms with Gasteiger partial charge in [0.1, 0.15) is 0 Å². The molecule has 0 aliphatic heterocycles. The van der Waals surface area contributed by atoms with Gasteiger partial charge in [-0.3, -0.25) is 9.59 Å². The molecule has 1 fully saturated rings. The number of amides is 1. The fourth-order valence-corrected chi connectivity index (χ4v) is 2.93. The molecule has 0 heterocycles. The van der Waals surface area contributed by atoms with Crippen molar-refractivity contribution in [2.24, 2.45) is 17.8 Å². The average Bonchev–Trinajstić information content (AvgIpc) is 2.79. The second-order valence-electron chi connectivity index (χ2n) is 5.61. The number of aliphatic carboxylic acids is 1. The van der Waals surface area contributed by atoms with E-state index in [9.17, 15) is 14.7 Å². The second-order valence-corrected chi connectivity index (χ2v) is 5.61. The number of carbonyl (C=O) groups is 2. The Bertz CT molecular complexity index is 364. The minimum atomic E-state index is -0.833. The molecular formula is C15H25NO3. The number of carboxylic acids is 1. The van der Waals surface area contributed by atoms with Gasteiger partial charge in [0.25, 0.3) is 0 Å². The third-order valence-electron chi connectivity index (χ3n) is 4.03. The molecule has 0 aromatic heterocycles. The summed E-state index contributed by atoms with van der Waals surface area (Å²) in [7, 11) is 0. The first-order valence-electron chi connectivity index (χ1n) is 7.06. The van der Waals surface area contributed by atoms with Gasteiger partial charge < -0.3 is 10.0 Å². The topological polar surface area (TPSA) is 57.6 Å². The maximum atomic E-state index is 12.5. The summed E-state index contributed by atoms with van der Waals surface area (Å²) in [5.74, 6) is -1.37. The average molecular weight is 267 g/mol. The van der Waals surface area contributed by atoms with Crippen molar-refractivity contribution in [3.63, 3.8) is 0 Å². The van der Waals surface area contributed by atoms with Crippen LogP contribution >= 0.6 is 0 Å². The smallest absolute Gasteiger partial charge is 0.307 e. The summed E-state index contributed by atoms with van der Waals surface area (Å²) in [6.45, 7) is 10.8. The highest BCUT2D eigenvalue weighted by molar-refractivity contribution is 5.85. The van der Waals surface area contributed by atoms with Crippen LogP contribution in [0, 0.1) is 17.8 Å². The van der Waals surface area contributed by atoms with Crippen LogP contribution in [0.25, 0.3) is 0 Å². The second kappa shape index (κ2) is 6.73. The van der Waals surface area contributed by atoms with Crippen LogP contribution in [-0.4, -0.2) is 35.0 Å². The van der Waals surface area contributed by atoms with E-state index in [1.165, 1.54) is 0 Å². The number of likely N-dealkylation sites (N-methyl/N-ethyl adjacent to an activating group) is 1. The van der Waals surface area contributed by atoms with Crippen molar-refractivity contribution in [2.45, 2.75) is 40.0 Å². The van der Waals surface area contributed by atoms with E-state index in [2.05, 4.69) is 13.5 Å². The van der Waals surface area contributed by atoms with Crippen LogP contribution in [0.15, 0.2) is 12.2 Å². The summed E-state index contributed by atoms with van der Waals surface area (Å²) < 4.78 is 0. The number of hydrogen-bond acceptors (Lipinski definition) is 2. The molecule has 0 saturated heterocycles. The monoisotopic (exact) mass is 267 g/mol. The van der Waals surface area contributed by atoms with Gasteiger partial charge in [-0.05, 0) is 32.6 Å². The van der Waals surface area contributed by atoms with E-state index in [-0.39, 0.29) is 11.8 Å². The molecule has 0 spiro atoms. The maximum absolute atomic E-state index is 12.5. The van der Waals surface area contributed by atoms with Crippen LogP contribution in [-0.2, 0) is 9.59 Å². The number of hydrogen-bond donors (Lipinski definition) is 1. The van der Waals surface area contributed by atoms with E-state index >= 15 is 0 Å². The van der Waals surface area contributed by atoms with Crippen molar-refractivity contribution in [1.82, 2.24) is 4.90 Å². The molecule has 19 heavy (non-hydrogen) atoms. The highest BCUT2D eigenvalue weighted by atomic mass is 16.4. The van der Waals surface area contributed by atoms with Gasteiger partial charge in [0.15, 0.2) is 0 Å². The van der Waals surface area contributed by atoms with Gasteiger partial charge in [0.2, 0.25) is 5.91 Å².